The van der Waals surface area contributed by atoms with Crippen molar-refractivity contribution >= 4 is 11.8 Å². The van der Waals surface area contributed by atoms with Crippen LogP contribution >= 0.6 is 11.8 Å². The van der Waals surface area contributed by atoms with Gasteiger partial charge in [-0.3, -0.25) is 0 Å². The minimum absolute atomic E-state index is 1.35. The van der Waals surface area contributed by atoms with Crippen LogP contribution in [0.25, 0.3) is 0 Å². The highest BCUT2D eigenvalue weighted by molar-refractivity contribution is 8.02. The molecular weight excluding hydrogens is 152 g/mol. The zero-order valence-corrected chi connectivity index (χ0v) is 8.38. The molecule has 0 amide bonds. The maximum Gasteiger partial charge on any atom is 0.0306 e. The van der Waals surface area contributed by atoms with Crippen molar-refractivity contribution < 1.29 is 0 Å². The molecule has 0 aromatic heterocycles. The Morgan fingerprint density at radius 2 is 1.91 bits per heavy atom. The van der Waals surface area contributed by atoms with Gasteiger partial charge in [0.25, 0.3) is 0 Å². The van der Waals surface area contributed by atoms with Crippen LogP contribution in [0, 0.1) is 5.25 Å². The summed E-state index contributed by atoms with van der Waals surface area (Å²) >= 11 is 2.14. The molecule has 1 heteroatoms. The first kappa shape index (κ1) is 9.44. The third-order valence-corrected chi connectivity index (χ3v) is 3.52. The van der Waals surface area contributed by atoms with Gasteiger partial charge in [0.2, 0.25) is 0 Å². The minimum Gasteiger partial charge on any atom is -0.154 e. The second kappa shape index (κ2) is 5.93. The topological polar surface area (TPSA) is 0 Å². The Labute approximate surface area is 75.1 Å². The highest BCUT2D eigenvalue weighted by Crippen LogP contribution is 2.35. The molecule has 1 fully saturated rings. The maximum atomic E-state index is 2.27. The Morgan fingerprint density at radius 1 is 1.18 bits per heavy atom. The summed E-state index contributed by atoms with van der Waals surface area (Å²) in [4.78, 5) is 0. The summed E-state index contributed by atoms with van der Waals surface area (Å²) in [5.74, 6) is 1.37. The molecule has 0 heterocycles. The highest BCUT2D eigenvalue weighted by Gasteiger charge is 2.13. The fourth-order valence-corrected chi connectivity index (χ4v) is 2.75. The van der Waals surface area contributed by atoms with Crippen LogP contribution in [-0.2, 0) is 0 Å². The molecular formula is C10H19S. The van der Waals surface area contributed by atoms with Gasteiger partial charge >= 0.3 is 0 Å². The summed E-state index contributed by atoms with van der Waals surface area (Å²) in [6.07, 6.45) is 9.94. The molecule has 1 aliphatic rings. The monoisotopic (exact) mass is 171 g/mol. The van der Waals surface area contributed by atoms with Gasteiger partial charge in [-0.2, -0.15) is 11.8 Å². The lowest BCUT2D eigenvalue weighted by molar-refractivity contribution is 0.578. The predicted octanol–water partition coefficient (Wildman–Crippen LogP) is 4.02. The molecule has 0 atom stereocenters. The van der Waals surface area contributed by atoms with Crippen LogP contribution in [0.5, 0.6) is 0 Å². The second-order valence-electron chi connectivity index (χ2n) is 3.30. The largest absolute Gasteiger partial charge is 0.154 e. The number of rotatable bonds is 4. The summed E-state index contributed by atoms with van der Waals surface area (Å²) in [5.41, 5.74) is 0. The first-order valence-corrected chi connectivity index (χ1v) is 5.89. The SMILES string of the molecule is CCCCS[C]1CCCCC1. The van der Waals surface area contributed by atoms with E-state index < -0.39 is 0 Å². The van der Waals surface area contributed by atoms with Crippen molar-refractivity contribution in [2.75, 3.05) is 5.75 Å². The molecule has 0 nitrogen and oxygen atoms in total. The van der Waals surface area contributed by atoms with E-state index in [1.54, 1.807) is 5.25 Å². The van der Waals surface area contributed by atoms with E-state index in [9.17, 15) is 0 Å². The molecule has 0 aliphatic heterocycles. The molecule has 0 N–H and O–H groups in total. The van der Waals surface area contributed by atoms with E-state index in [1.165, 1.54) is 50.7 Å². The van der Waals surface area contributed by atoms with E-state index in [2.05, 4.69) is 18.7 Å². The molecule has 0 bridgehead atoms. The van der Waals surface area contributed by atoms with Crippen LogP contribution < -0.4 is 0 Å². The Balaban J connectivity index is 1.96. The standard InChI is InChI=1S/C10H19S/c1-2-3-9-11-10-7-5-4-6-8-10/h2-9H2,1H3. The fourth-order valence-electron chi connectivity index (χ4n) is 1.45. The lowest BCUT2D eigenvalue weighted by Crippen LogP contribution is -2.00. The van der Waals surface area contributed by atoms with Gasteiger partial charge in [-0.05, 0) is 25.0 Å². The minimum atomic E-state index is 1.35. The molecule has 0 spiro atoms. The number of hydrogen-bond donors (Lipinski definition) is 0. The van der Waals surface area contributed by atoms with E-state index in [4.69, 9.17) is 0 Å². The lowest BCUT2D eigenvalue weighted by atomic mass is 10.0. The van der Waals surface area contributed by atoms with Crippen molar-refractivity contribution in [3.8, 4) is 0 Å². The van der Waals surface area contributed by atoms with Gasteiger partial charge in [-0.1, -0.05) is 32.6 Å². The van der Waals surface area contributed by atoms with E-state index >= 15 is 0 Å². The summed E-state index contributed by atoms with van der Waals surface area (Å²) in [5, 5.41) is 1.78. The first-order chi connectivity index (χ1) is 5.43. The molecule has 11 heavy (non-hydrogen) atoms. The van der Waals surface area contributed by atoms with Crippen LogP contribution in [0.3, 0.4) is 0 Å². The molecule has 0 saturated heterocycles. The fraction of sp³-hybridized carbons (Fsp3) is 0.900. The molecule has 0 unspecified atom stereocenters. The zero-order valence-electron chi connectivity index (χ0n) is 7.57. The van der Waals surface area contributed by atoms with Crippen molar-refractivity contribution in [3.05, 3.63) is 5.25 Å². The highest BCUT2D eigenvalue weighted by atomic mass is 32.2. The van der Waals surface area contributed by atoms with Gasteiger partial charge in [0.05, 0.1) is 0 Å². The van der Waals surface area contributed by atoms with Crippen LogP contribution in [0.4, 0.5) is 0 Å². The Hall–Kier alpha value is 0.350. The van der Waals surface area contributed by atoms with Gasteiger partial charge in [0.15, 0.2) is 0 Å². The second-order valence-corrected chi connectivity index (χ2v) is 4.58. The molecule has 1 radical (unpaired) electrons. The summed E-state index contributed by atoms with van der Waals surface area (Å²) in [6, 6.07) is 0. The van der Waals surface area contributed by atoms with Gasteiger partial charge in [-0.15, -0.1) is 0 Å². The van der Waals surface area contributed by atoms with Crippen LogP contribution in [0.1, 0.15) is 51.9 Å². The van der Waals surface area contributed by atoms with Crippen molar-refractivity contribution in [2.24, 2.45) is 0 Å². The van der Waals surface area contributed by atoms with Crippen molar-refractivity contribution in [3.63, 3.8) is 0 Å². The van der Waals surface area contributed by atoms with Crippen LogP contribution in [-0.4, -0.2) is 5.75 Å². The summed E-state index contributed by atoms with van der Waals surface area (Å²) < 4.78 is 0. The van der Waals surface area contributed by atoms with Gasteiger partial charge in [0.1, 0.15) is 0 Å². The van der Waals surface area contributed by atoms with E-state index in [0.29, 0.717) is 0 Å². The summed E-state index contributed by atoms with van der Waals surface area (Å²) in [7, 11) is 0. The van der Waals surface area contributed by atoms with Crippen molar-refractivity contribution in [1.29, 1.82) is 0 Å². The molecule has 65 valence electrons. The third-order valence-electron chi connectivity index (χ3n) is 2.22. The molecule has 0 aromatic rings. The van der Waals surface area contributed by atoms with Crippen LogP contribution in [0.2, 0.25) is 0 Å². The normalized spacial score (nSPS) is 20.5. The molecule has 0 aromatic carbocycles. The van der Waals surface area contributed by atoms with E-state index in [0.717, 1.165) is 0 Å². The van der Waals surface area contributed by atoms with E-state index in [-0.39, 0.29) is 0 Å². The van der Waals surface area contributed by atoms with Crippen molar-refractivity contribution in [2.45, 2.75) is 51.9 Å². The predicted molar refractivity (Wildman–Crippen MR) is 53.7 cm³/mol. The van der Waals surface area contributed by atoms with Crippen LogP contribution in [0.15, 0.2) is 0 Å². The lowest BCUT2D eigenvalue weighted by Gasteiger charge is -2.19. The number of unbranched alkanes of at least 4 members (excludes halogenated alkanes) is 1. The van der Waals surface area contributed by atoms with Gasteiger partial charge in [-0.25, -0.2) is 0 Å². The smallest absolute Gasteiger partial charge is 0.0306 e. The average molecular weight is 171 g/mol. The van der Waals surface area contributed by atoms with E-state index in [1.807, 2.05) is 0 Å². The molecule has 1 aliphatic carbocycles. The zero-order chi connectivity index (χ0) is 7.94. The van der Waals surface area contributed by atoms with Gasteiger partial charge in [0, 0.05) is 5.25 Å². The maximum absolute atomic E-state index is 2.27. The van der Waals surface area contributed by atoms with Gasteiger partial charge < -0.3 is 0 Å². The Morgan fingerprint density at radius 3 is 2.55 bits per heavy atom. The first-order valence-electron chi connectivity index (χ1n) is 4.91. The molecule has 1 saturated carbocycles. The van der Waals surface area contributed by atoms with Crippen molar-refractivity contribution in [1.82, 2.24) is 0 Å². The average Bonchev–Trinajstić information content (AvgIpc) is 2.07. The Bertz CT molecular complexity index is 84.9. The number of thioether (sulfide) groups is 1. The quantitative estimate of drug-likeness (QED) is 0.576. The third kappa shape index (κ3) is 4.05. The number of hydrogen-bond acceptors (Lipinski definition) is 1. The summed E-state index contributed by atoms with van der Waals surface area (Å²) in [6.45, 7) is 2.27. The Kier molecular flexibility index (Phi) is 5.09. The molecule has 1 rings (SSSR count).